The lowest BCUT2D eigenvalue weighted by molar-refractivity contribution is -0.117. The number of anilines is 1. The Kier molecular flexibility index (Phi) is 4.10. The van der Waals surface area contributed by atoms with E-state index in [1.807, 2.05) is 23.6 Å². The maximum absolute atomic E-state index is 12.5. The SMILES string of the molecule is O=C(Nc1nc(-c2ccccn2)cs1)C1CC2CCCCC2N1. The summed E-state index contributed by atoms with van der Waals surface area (Å²) >= 11 is 1.45. The minimum Gasteiger partial charge on any atom is -0.303 e. The van der Waals surface area contributed by atoms with E-state index in [0.29, 0.717) is 17.1 Å². The van der Waals surface area contributed by atoms with Crippen LogP contribution >= 0.6 is 11.3 Å². The molecule has 3 atom stereocenters. The van der Waals surface area contributed by atoms with Gasteiger partial charge in [-0.05, 0) is 37.3 Å². The van der Waals surface area contributed by atoms with Crippen LogP contribution in [0.2, 0.25) is 0 Å². The van der Waals surface area contributed by atoms with Crippen molar-refractivity contribution in [2.24, 2.45) is 5.92 Å². The van der Waals surface area contributed by atoms with Crippen molar-refractivity contribution in [3.05, 3.63) is 29.8 Å². The third-order valence-electron chi connectivity index (χ3n) is 4.84. The van der Waals surface area contributed by atoms with Crippen LogP contribution in [0.15, 0.2) is 29.8 Å². The summed E-state index contributed by atoms with van der Waals surface area (Å²) in [7, 11) is 0. The molecule has 2 aromatic rings. The molecule has 120 valence electrons. The van der Waals surface area contributed by atoms with Crippen LogP contribution in [0, 0.1) is 5.92 Å². The van der Waals surface area contributed by atoms with E-state index in [4.69, 9.17) is 0 Å². The van der Waals surface area contributed by atoms with Crippen molar-refractivity contribution < 1.29 is 4.79 Å². The Balaban J connectivity index is 1.41. The first-order valence-electron chi connectivity index (χ1n) is 8.23. The smallest absolute Gasteiger partial charge is 0.243 e. The van der Waals surface area contributed by atoms with Gasteiger partial charge in [0.25, 0.3) is 0 Å². The predicted octanol–water partition coefficient (Wildman–Crippen LogP) is 3.06. The first-order chi connectivity index (χ1) is 11.3. The third-order valence-corrected chi connectivity index (χ3v) is 5.60. The highest BCUT2D eigenvalue weighted by Crippen LogP contribution is 2.33. The van der Waals surface area contributed by atoms with Gasteiger partial charge in [-0.15, -0.1) is 11.3 Å². The van der Waals surface area contributed by atoms with Crippen molar-refractivity contribution >= 4 is 22.4 Å². The monoisotopic (exact) mass is 328 g/mol. The van der Waals surface area contributed by atoms with Crippen LogP contribution in [0.3, 0.4) is 0 Å². The second kappa shape index (κ2) is 6.37. The molecule has 4 rings (SSSR count). The summed E-state index contributed by atoms with van der Waals surface area (Å²) in [6, 6.07) is 6.18. The Morgan fingerprint density at radius 2 is 2.17 bits per heavy atom. The highest BCUT2D eigenvalue weighted by Gasteiger charge is 2.38. The quantitative estimate of drug-likeness (QED) is 0.909. The third kappa shape index (κ3) is 3.14. The lowest BCUT2D eigenvalue weighted by Crippen LogP contribution is -2.39. The number of hydrogen-bond donors (Lipinski definition) is 2. The van der Waals surface area contributed by atoms with Crippen molar-refractivity contribution in [2.45, 2.75) is 44.2 Å². The molecule has 0 spiro atoms. The molecule has 23 heavy (non-hydrogen) atoms. The molecule has 1 amide bonds. The largest absolute Gasteiger partial charge is 0.303 e. The second-order valence-corrected chi connectivity index (χ2v) is 7.21. The highest BCUT2D eigenvalue weighted by atomic mass is 32.1. The average molecular weight is 328 g/mol. The number of thiazole rings is 1. The van der Waals surface area contributed by atoms with Gasteiger partial charge in [-0.1, -0.05) is 18.9 Å². The van der Waals surface area contributed by atoms with E-state index < -0.39 is 0 Å². The Hall–Kier alpha value is -1.79. The number of fused-ring (bicyclic) bond motifs is 1. The van der Waals surface area contributed by atoms with E-state index >= 15 is 0 Å². The fourth-order valence-corrected chi connectivity index (χ4v) is 4.38. The maximum atomic E-state index is 12.5. The van der Waals surface area contributed by atoms with Gasteiger partial charge < -0.3 is 10.6 Å². The van der Waals surface area contributed by atoms with Gasteiger partial charge in [-0.3, -0.25) is 9.78 Å². The van der Waals surface area contributed by atoms with Gasteiger partial charge in [0.1, 0.15) is 5.69 Å². The predicted molar refractivity (Wildman–Crippen MR) is 91.3 cm³/mol. The van der Waals surface area contributed by atoms with Gasteiger partial charge in [-0.2, -0.15) is 0 Å². The number of pyridine rings is 1. The van der Waals surface area contributed by atoms with Crippen LogP contribution in [0.25, 0.3) is 11.4 Å². The number of amides is 1. The van der Waals surface area contributed by atoms with E-state index in [9.17, 15) is 4.79 Å². The summed E-state index contributed by atoms with van der Waals surface area (Å²) in [6.45, 7) is 0. The lowest BCUT2D eigenvalue weighted by atomic mass is 9.85. The molecular weight excluding hydrogens is 308 g/mol. The molecule has 2 N–H and O–H groups in total. The molecular formula is C17H20N4OS. The molecule has 0 aromatic carbocycles. The van der Waals surface area contributed by atoms with Crippen LogP contribution in [-0.2, 0) is 4.79 Å². The second-order valence-electron chi connectivity index (χ2n) is 6.35. The van der Waals surface area contributed by atoms with E-state index in [1.54, 1.807) is 6.20 Å². The lowest BCUT2D eigenvalue weighted by Gasteiger charge is -2.24. The van der Waals surface area contributed by atoms with Crippen molar-refractivity contribution in [1.29, 1.82) is 0 Å². The van der Waals surface area contributed by atoms with Crippen molar-refractivity contribution in [3.8, 4) is 11.4 Å². The Labute approximate surface area is 139 Å². The molecule has 1 aliphatic heterocycles. The van der Waals surface area contributed by atoms with Gasteiger partial charge in [0.15, 0.2) is 5.13 Å². The van der Waals surface area contributed by atoms with Gasteiger partial charge in [-0.25, -0.2) is 4.98 Å². The summed E-state index contributed by atoms with van der Waals surface area (Å²) < 4.78 is 0. The number of nitrogens with zero attached hydrogens (tertiary/aromatic N) is 2. The van der Waals surface area contributed by atoms with E-state index in [-0.39, 0.29) is 11.9 Å². The Morgan fingerprint density at radius 1 is 1.26 bits per heavy atom. The number of aromatic nitrogens is 2. The highest BCUT2D eigenvalue weighted by molar-refractivity contribution is 7.14. The number of hydrogen-bond acceptors (Lipinski definition) is 5. The standard InChI is InChI=1S/C17H20N4OS/c22-16(14-9-11-5-1-2-6-12(11)19-14)21-17-20-15(10-23-17)13-7-3-4-8-18-13/h3-4,7-8,10-12,14,19H,1-2,5-6,9H2,(H,20,21,22). The molecule has 1 aliphatic carbocycles. The van der Waals surface area contributed by atoms with Crippen LogP contribution in [0.5, 0.6) is 0 Å². The number of rotatable bonds is 3. The van der Waals surface area contributed by atoms with E-state index in [1.165, 1.54) is 37.0 Å². The fourth-order valence-electron chi connectivity index (χ4n) is 3.68. The zero-order valence-corrected chi connectivity index (χ0v) is 13.7. The number of carbonyl (C=O) groups excluding carboxylic acids is 1. The molecule has 3 unspecified atom stereocenters. The summed E-state index contributed by atoms with van der Waals surface area (Å²) in [5, 5.41) is 9.04. The summed E-state index contributed by atoms with van der Waals surface area (Å²) in [5.41, 5.74) is 1.63. The molecule has 1 saturated carbocycles. The molecule has 6 heteroatoms. The van der Waals surface area contributed by atoms with Gasteiger partial charge in [0.2, 0.25) is 5.91 Å². The molecule has 2 aliphatic rings. The van der Waals surface area contributed by atoms with Gasteiger partial charge in [0.05, 0.1) is 11.7 Å². The van der Waals surface area contributed by atoms with Crippen LogP contribution in [0.1, 0.15) is 32.1 Å². The van der Waals surface area contributed by atoms with Gasteiger partial charge >= 0.3 is 0 Å². The molecule has 1 saturated heterocycles. The zero-order valence-electron chi connectivity index (χ0n) is 12.9. The summed E-state index contributed by atoms with van der Waals surface area (Å²) in [5.74, 6) is 0.709. The average Bonchev–Trinajstić information content (AvgIpc) is 3.22. The molecule has 5 nitrogen and oxygen atoms in total. The first-order valence-corrected chi connectivity index (χ1v) is 9.11. The summed E-state index contributed by atoms with van der Waals surface area (Å²) in [6.07, 6.45) is 7.74. The first kappa shape index (κ1) is 14.8. The van der Waals surface area contributed by atoms with Crippen molar-refractivity contribution in [3.63, 3.8) is 0 Å². The number of carbonyl (C=O) groups is 1. The minimum absolute atomic E-state index is 0.0429. The molecule has 0 bridgehead atoms. The topological polar surface area (TPSA) is 66.9 Å². The van der Waals surface area contributed by atoms with Crippen molar-refractivity contribution in [2.75, 3.05) is 5.32 Å². The normalized spacial score (nSPS) is 26.7. The Morgan fingerprint density at radius 3 is 3.00 bits per heavy atom. The molecule has 0 radical (unpaired) electrons. The number of nitrogens with one attached hydrogen (secondary N) is 2. The van der Waals surface area contributed by atoms with E-state index in [0.717, 1.165) is 17.8 Å². The zero-order chi connectivity index (χ0) is 15.6. The fraction of sp³-hybridized carbons (Fsp3) is 0.471. The van der Waals surface area contributed by atoms with E-state index in [2.05, 4.69) is 20.6 Å². The van der Waals surface area contributed by atoms with Gasteiger partial charge in [0, 0.05) is 17.6 Å². The molecule has 3 heterocycles. The van der Waals surface area contributed by atoms with Crippen LogP contribution < -0.4 is 10.6 Å². The Bertz CT molecular complexity index is 673. The summed E-state index contributed by atoms with van der Waals surface area (Å²) in [4.78, 5) is 21.2. The van der Waals surface area contributed by atoms with Crippen LogP contribution in [-0.4, -0.2) is 28.0 Å². The maximum Gasteiger partial charge on any atom is 0.243 e. The van der Waals surface area contributed by atoms with Crippen molar-refractivity contribution in [1.82, 2.24) is 15.3 Å². The van der Waals surface area contributed by atoms with Crippen LogP contribution in [0.4, 0.5) is 5.13 Å². The molecule has 2 fully saturated rings. The minimum atomic E-state index is -0.0784. The molecule has 2 aromatic heterocycles.